The van der Waals surface area contributed by atoms with Crippen LogP contribution in [0.2, 0.25) is 0 Å². The molecule has 0 aromatic carbocycles. The van der Waals surface area contributed by atoms with E-state index in [9.17, 15) is 10.1 Å². The van der Waals surface area contributed by atoms with Gasteiger partial charge in [0.25, 0.3) is 5.69 Å². The van der Waals surface area contributed by atoms with E-state index in [0.717, 1.165) is 9.88 Å². The second-order valence-corrected chi connectivity index (χ2v) is 5.03. The number of aryl methyl sites for hydroxylation is 1. The number of nitrogen functional groups attached to an aromatic ring is 1. The van der Waals surface area contributed by atoms with Crippen LogP contribution in [0, 0.1) is 17.0 Å². The molecule has 0 amide bonds. The van der Waals surface area contributed by atoms with Crippen LogP contribution in [0.1, 0.15) is 9.88 Å². The van der Waals surface area contributed by atoms with Crippen molar-refractivity contribution in [2.75, 3.05) is 10.7 Å². The highest BCUT2D eigenvalue weighted by Gasteiger charge is 2.11. The molecule has 2 aromatic heterocycles. The summed E-state index contributed by atoms with van der Waals surface area (Å²) >= 11 is 1.55. The van der Waals surface area contributed by atoms with Crippen molar-refractivity contribution < 1.29 is 4.92 Å². The van der Waals surface area contributed by atoms with E-state index in [1.807, 2.05) is 6.92 Å². The first-order valence-electron chi connectivity index (χ1n) is 5.37. The first-order valence-corrected chi connectivity index (χ1v) is 6.18. The third-order valence-corrected chi connectivity index (χ3v) is 3.17. The zero-order valence-corrected chi connectivity index (χ0v) is 10.9. The number of nitrogens with one attached hydrogen (secondary N) is 2. The molecule has 0 saturated carbocycles. The molecule has 0 unspecified atom stereocenters. The molecule has 2 heterocycles. The monoisotopic (exact) mass is 280 g/mol. The lowest BCUT2D eigenvalue weighted by molar-refractivity contribution is -0.384. The van der Waals surface area contributed by atoms with Crippen molar-refractivity contribution in [2.24, 2.45) is 5.84 Å². The molecule has 0 atom stereocenters. The van der Waals surface area contributed by atoms with Crippen molar-refractivity contribution >= 4 is 28.7 Å². The highest BCUT2D eigenvalue weighted by atomic mass is 32.1. The minimum absolute atomic E-state index is 0.0826. The summed E-state index contributed by atoms with van der Waals surface area (Å²) in [5.41, 5.74) is 2.21. The lowest BCUT2D eigenvalue weighted by Crippen LogP contribution is -2.10. The van der Waals surface area contributed by atoms with E-state index in [1.54, 1.807) is 17.5 Å². The number of nitrogens with zero attached hydrogens (tertiary/aromatic N) is 3. The Morgan fingerprint density at radius 2 is 2.21 bits per heavy atom. The lowest BCUT2D eigenvalue weighted by Gasteiger charge is -2.06. The second-order valence-electron chi connectivity index (χ2n) is 3.72. The standard InChI is InChI=1S/C10H12N6O2S/c1-6-4-13-10(19-6)5-12-8-2-7(16(17)18)3-9(14-8)15-11/h2-4H,5,11H2,1H3,(H2,12,14,15). The number of pyridine rings is 1. The molecule has 2 aromatic rings. The first kappa shape index (κ1) is 13.2. The Morgan fingerprint density at radius 3 is 2.79 bits per heavy atom. The summed E-state index contributed by atoms with van der Waals surface area (Å²) in [4.78, 5) is 19.6. The van der Waals surface area contributed by atoms with Gasteiger partial charge >= 0.3 is 0 Å². The summed E-state index contributed by atoms with van der Waals surface area (Å²) in [5.74, 6) is 5.82. The van der Waals surface area contributed by atoms with Gasteiger partial charge in [-0.3, -0.25) is 10.1 Å². The van der Waals surface area contributed by atoms with E-state index in [1.165, 1.54) is 12.1 Å². The number of thiazole rings is 1. The Kier molecular flexibility index (Phi) is 3.88. The molecule has 0 aliphatic heterocycles. The molecule has 0 fully saturated rings. The number of rotatable bonds is 5. The summed E-state index contributed by atoms with van der Waals surface area (Å²) in [6, 6.07) is 2.61. The Balaban J connectivity index is 2.15. The average Bonchev–Trinajstić information content (AvgIpc) is 2.81. The Labute approximate surface area is 112 Å². The molecule has 19 heavy (non-hydrogen) atoms. The molecule has 0 aliphatic rings. The lowest BCUT2D eigenvalue weighted by atomic mass is 10.3. The Bertz CT molecular complexity index is 599. The third kappa shape index (κ3) is 3.36. The molecule has 4 N–H and O–H groups in total. The van der Waals surface area contributed by atoms with Crippen LogP contribution in [0.5, 0.6) is 0 Å². The Morgan fingerprint density at radius 1 is 1.47 bits per heavy atom. The number of hydrogen-bond donors (Lipinski definition) is 3. The summed E-state index contributed by atoms with van der Waals surface area (Å²) in [7, 11) is 0. The number of hydrogen-bond acceptors (Lipinski definition) is 8. The van der Waals surface area contributed by atoms with Gasteiger partial charge in [0.1, 0.15) is 16.6 Å². The molecule has 0 aliphatic carbocycles. The molecule has 100 valence electrons. The fraction of sp³-hybridized carbons (Fsp3) is 0.200. The fourth-order valence-electron chi connectivity index (χ4n) is 1.44. The van der Waals surface area contributed by atoms with Crippen molar-refractivity contribution in [3.8, 4) is 0 Å². The SMILES string of the molecule is Cc1cnc(CNc2cc([N+](=O)[O-])cc(NN)n2)s1. The molecular weight excluding hydrogens is 268 g/mol. The molecule has 9 heteroatoms. The average molecular weight is 280 g/mol. The number of nitro groups is 1. The summed E-state index contributed by atoms with van der Waals surface area (Å²) in [6.07, 6.45) is 1.77. The summed E-state index contributed by atoms with van der Waals surface area (Å²) in [6.45, 7) is 2.42. The minimum Gasteiger partial charge on any atom is -0.363 e. The largest absolute Gasteiger partial charge is 0.363 e. The Hall–Kier alpha value is -2.26. The quantitative estimate of drug-likeness (QED) is 0.433. The number of nitrogens with two attached hydrogens (primary N) is 1. The smallest absolute Gasteiger partial charge is 0.276 e. The molecule has 0 saturated heterocycles. The topological polar surface area (TPSA) is 119 Å². The van der Waals surface area contributed by atoms with Crippen LogP contribution in [0.15, 0.2) is 18.3 Å². The van der Waals surface area contributed by atoms with Crippen LogP contribution in [-0.2, 0) is 6.54 Å². The van der Waals surface area contributed by atoms with Gasteiger partial charge in [0, 0.05) is 11.1 Å². The van der Waals surface area contributed by atoms with Crippen molar-refractivity contribution in [2.45, 2.75) is 13.5 Å². The van der Waals surface area contributed by atoms with Crippen LogP contribution >= 0.6 is 11.3 Å². The van der Waals surface area contributed by atoms with Crippen molar-refractivity contribution in [3.63, 3.8) is 0 Å². The van der Waals surface area contributed by atoms with Crippen molar-refractivity contribution in [1.29, 1.82) is 0 Å². The minimum atomic E-state index is -0.499. The molecule has 0 bridgehead atoms. The third-order valence-electron chi connectivity index (χ3n) is 2.26. The summed E-state index contributed by atoms with van der Waals surface area (Å²) in [5, 5.41) is 14.6. The second kappa shape index (κ2) is 5.59. The molecule has 0 radical (unpaired) electrons. The maximum absolute atomic E-state index is 10.8. The predicted molar refractivity (Wildman–Crippen MR) is 72.9 cm³/mol. The van der Waals surface area contributed by atoms with Gasteiger partial charge in [0.15, 0.2) is 0 Å². The van der Waals surface area contributed by atoms with E-state index in [2.05, 4.69) is 20.7 Å². The van der Waals surface area contributed by atoms with E-state index >= 15 is 0 Å². The van der Waals surface area contributed by atoms with Gasteiger partial charge in [-0.15, -0.1) is 11.3 Å². The molecule has 2 rings (SSSR count). The highest BCUT2D eigenvalue weighted by molar-refractivity contribution is 7.11. The molecule has 8 nitrogen and oxygen atoms in total. The zero-order valence-electron chi connectivity index (χ0n) is 10.1. The van der Waals surface area contributed by atoms with Crippen LogP contribution in [0.4, 0.5) is 17.3 Å². The molecule has 0 spiro atoms. The van der Waals surface area contributed by atoms with Gasteiger partial charge in [-0.1, -0.05) is 0 Å². The van der Waals surface area contributed by atoms with Crippen molar-refractivity contribution in [3.05, 3.63) is 38.3 Å². The number of aromatic nitrogens is 2. The van der Waals surface area contributed by atoms with Gasteiger partial charge in [0.05, 0.1) is 23.6 Å². The number of hydrazine groups is 1. The maximum Gasteiger partial charge on any atom is 0.276 e. The first-order chi connectivity index (χ1) is 9.08. The fourth-order valence-corrected chi connectivity index (χ4v) is 2.16. The van der Waals surface area contributed by atoms with Crippen molar-refractivity contribution in [1.82, 2.24) is 9.97 Å². The van der Waals surface area contributed by atoms with E-state index in [4.69, 9.17) is 5.84 Å². The predicted octanol–water partition coefficient (Wildman–Crippen LogP) is 1.65. The van der Waals surface area contributed by atoms with Crippen LogP contribution < -0.4 is 16.6 Å². The normalized spacial score (nSPS) is 10.2. The van der Waals surface area contributed by atoms with Gasteiger partial charge in [-0.25, -0.2) is 15.8 Å². The molecular formula is C10H12N6O2S. The maximum atomic E-state index is 10.8. The van der Waals surface area contributed by atoms with Crippen LogP contribution in [-0.4, -0.2) is 14.9 Å². The van der Waals surface area contributed by atoms with E-state index < -0.39 is 4.92 Å². The highest BCUT2D eigenvalue weighted by Crippen LogP contribution is 2.21. The van der Waals surface area contributed by atoms with Gasteiger partial charge in [-0.05, 0) is 6.92 Å². The summed E-state index contributed by atoms with van der Waals surface area (Å²) < 4.78 is 0. The zero-order chi connectivity index (χ0) is 13.8. The van der Waals surface area contributed by atoms with Crippen LogP contribution in [0.3, 0.4) is 0 Å². The van der Waals surface area contributed by atoms with E-state index in [-0.39, 0.29) is 11.5 Å². The van der Waals surface area contributed by atoms with Gasteiger partial charge in [-0.2, -0.15) is 0 Å². The van der Waals surface area contributed by atoms with Crippen LogP contribution in [0.25, 0.3) is 0 Å². The van der Waals surface area contributed by atoms with Gasteiger partial charge < -0.3 is 10.7 Å². The van der Waals surface area contributed by atoms with E-state index in [0.29, 0.717) is 12.4 Å². The van der Waals surface area contributed by atoms with Gasteiger partial charge in [0.2, 0.25) is 0 Å². The number of anilines is 2.